The van der Waals surface area contributed by atoms with Crippen molar-refractivity contribution in [2.45, 2.75) is 39.9 Å². The van der Waals surface area contributed by atoms with E-state index in [1.807, 2.05) is 13.8 Å². The number of hydrogen-bond acceptors (Lipinski definition) is 8. The molecule has 0 aliphatic carbocycles. The van der Waals surface area contributed by atoms with Crippen LogP contribution in [0.15, 0.2) is 6.07 Å². The first kappa shape index (κ1) is 20.3. The van der Waals surface area contributed by atoms with Crippen LogP contribution in [0.1, 0.15) is 32.1 Å². The fourth-order valence-electron chi connectivity index (χ4n) is 3.13. The molecule has 2 aromatic heterocycles. The van der Waals surface area contributed by atoms with Crippen molar-refractivity contribution < 1.29 is 14.2 Å². The molecule has 3 heterocycles. The molecule has 7 nitrogen and oxygen atoms in total. The van der Waals surface area contributed by atoms with Crippen molar-refractivity contribution in [2.75, 3.05) is 50.9 Å². The van der Waals surface area contributed by atoms with Crippen LogP contribution in [0.2, 0.25) is 0 Å². The van der Waals surface area contributed by atoms with Crippen molar-refractivity contribution in [1.29, 1.82) is 0 Å². The summed E-state index contributed by atoms with van der Waals surface area (Å²) < 4.78 is 17.0. The summed E-state index contributed by atoms with van der Waals surface area (Å²) in [7, 11) is 0. The van der Waals surface area contributed by atoms with Crippen LogP contribution in [0.5, 0.6) is 6.01 Å². The highest BCUT2D eigenvalue weighted by Crippen LogP contribution is 2.33. The molecule has 1 aliphatic rings. The highest BCUT2D eigenvalue weighted by Gasteiger charge is 2.19. The zero-order chi connectivity index (χ0) is 19.1. The molecule has 0 unspecified atom stereocenters. The summed E-state index contributed by atoms with van der Waals surface area (Å²) in [6.07, 6.45) is 1.41. The normalized spacial score (nSPS) is 15.0. The zero-order valence-electron chi connectivity index (χ0n) is 16.5. The second-order valence-electron chi connectivity index (χ2n) is 6.33. The van der Waals surface area contributed by atoms with Gasteiger partial charge in [0.15, 0.2) is 6.29 Å². The predicted octanol–water partition coefficient (Wildman–Crippen LogP) is 2.83. The average Bonchev–Trinajstić information content (AvgIpc) is 3.11. The number of nitrogens with zero attached hydrogens (tertiary/aromatic N) is 3. The number of aromatic nitrogens is 2. The molecular weight excluding hydrogens is 364 g/mol. The van der Waals surface area contributed by atoms with Gasteiger partial charge >= 0.3 is 6.01 Å². The van der Waals surface area contributed by atoms with Gasteiger partial charge in [-0.25, -0.2) is 0 Å². The summed E-state index contributed by atoms with van der Waals surface area (Å²) in [6, 6.07) is 2.66. The van der Waals surface area contributed by atoms with Crippen molar-refractivity contribution in [3.8, 4) is 6.01 Å². The van der Waals surface area contributed by atoms with Gasteiger partial charge in [-0.1, -0.05) is 6.92 Å². The topological polar surface area (TPSA) is 68.7 Å². The van der Waals surface area contributed by atoms with E-state index in [0.29, 0.717) is 32.3 Å². The molecular formula is C19H30N4O3S. The van der Waals surface area contributed by atoms with Crippen LogP contribution in [0.3, 0.4) is 0 Å². The van der Waals surface area contributed by atoms with Crippen molar-refractivity contribution >= 4 is 27.4 Å². The number of fused-ring (bicyclic) bond motifs is 1. The Labute approximate surface area is 165 Å². The molecule has 0 bridgehead atoms. The fraction of sp³-hybridized carbons (Fsp3) is 0.684. The molecule has 1 fully saturated rings. The van der Waals surface area contributed by atoms with Gasteiger partial charge in [0.1, 0.15) is 10.6 Å². The molecule has 0 atom stereocenters. The van der Waals surface area contributed by atoms with Crippen LogP contribution in [-0.2, 0) is 15.9 Å². The maximum Gasteiger partial charge on any atom is 0.319 e. The lowest BCUT2D eigenvalue weighted by molar-refractivity contribution is -0.143. The molecule has 0 spiro atoms. The fourth-order valence-corrected chi connectivity index (χ4v) is 4.08. The number of aryl methyl sites for hydroxylation is 1. The molecule has 0 radical (unpaired) electrons. The van der Waals surface area contributed by atoms with Crippen molar-refractivity contribution in [1.82, 2.24) is 15.3 Å². The number of ether oxygens (including phenoxy) is 3. The Balaban J connectivity index is 1.76. The minimum Gasteiger partial charge on any atom is -0.463 e. The number of rotatable bonds is 10. The molecule has 150 valence electrons. The highest BCUT2D eigenvalue weighted by molar-refractivity contribution is 7.18. The Hall–Kier alpha value is -1.48. The Bertz CT molecular complexity index is 712. The van der Waals surface area contributed by atoms with E-state index in [4.69, 9.17) is 19.2 Å². The first-order chi connectivity index (χ1) is 13.2. The quantitative estimate of drug-likeness (QED) is 0.622. The number of thiophene rings is 1. The van der Waals surface area contributed by atoms with Gasteiger partial charge in [0.25, 0.3) is 0 Å². The summed E-state index contributed by atoms with van der Waals surface area (Å²) in [5, 5.41) is 4.52. The van der Waals surface area contributed by atoms with E-state index in [9.17, 15) is 0 Å². The molecule has 27 heavy (non-hydrogen) atoms. The lowest BCUT2D eigenvalue weighted by atomic mass is 10.2. The number of anilines is 1. The molecule has 8 heteroatoms. The molecule has 2 aromatic rings. The maximum absolute atomic E-state index is 5.89. The minimum absolute atomic E-state index is 0.246. The maximum atomic E-state index is 5.89. The SMILES string of the molecule is CCOC(CCOc1nc(N2CCNCC2)c2cc(CC)sc2n1)OCC. The van der Waals surface area contributed by atoms with E-state index in [2.05, 4.69) is 28.2 Å². The summed E-state index contributed by atoms with van der Waals surface area (Å²) in [5.74, 6) is 0.985. The number of nitrogens with one attached hydrogen (secondary N) is 1. The molecule has 0 amide bonds. The molecule has 0 aromatic carbocycles. The minimum atomic E-state index is -0.246. The highest BCUT2D eigenvalue weighted by atomic mass is 32.1. The standard InChI is InChI=1S/C19H30N4O3S/c1-4-14-13-15-17(23-10-8-20-9-11-23)21-19(22-18(15)27-14)26-12-7-16(24-5-2)25-6-3/h13,16,20H,4-12H2,1-3H3. The van der Waals surface area contributed by atoms with Gasteiger partial charge in [0.2, 0.25) is 0 Å². The summed E-state index contributed by atoms with van der Waals surface area (Å²) in [5.41, 5.74) is 0. The van der Waals surface area contributed by atoms with Crippen LogP contribution in [0.25, 0.3) is 10.2 Å². The lowest BCUT2D eigenvalue weighted by Crippen LogP contribution is -2.44. The van der Waals surface area contributed by atoms with E-state index >= 15 is 0 Å². The van der Waals surface area contributed by atoms with E-state index in [1.54, 1.807) is 11.3 Å². The van der Waals surface area contributed by atoms with Crippen LogP contribution in [0.4, 0.5) is 5.82 Å². The van der Waals surface area contributed by atoms with Crippen LogP contribution in [-0.4, -0.2) is 62.3 Å². The zero-order valence-corrected chi connectivity index (χ0v) is 17.3. The van der Waals surface area contributed by atoms with E-state index in [-0.39, 0.29) is 6.29 Å². The summed E-state index contributed by atoms with van der Waals surface area (Å²) >= 11 is 1.72. The third-order valence-corrected chi connectivity index (χ3v) is 5.63. The smallest absolute Gasteiger partial charge is 0.319 e. The van der Waals surface area contributed by atoms with Crippen LogP contribution >= 0.6 is 11.3 Å². The van der Waals surface area contributed by atoms with Gasteiger partial charge in [-0.15, -0.1) is 11.3 Å². The molecule has 1 aliphatic heterocycles. The Kier molecular flexibility index (Phi) is 7.63. The van der Waals surface area contributed by atoms with Crippen LogP contribution < -0.4 is 15.0 Å². The van der Waals surface area contributed by atoms with Crippen molar-refractivity contribution in [3.05, 3.63) is 10.9 Å². The summed E-state index contributed by atoms with van der Waals surface area (Å²) in [4.78, 5) is 14.0. The van der Waals surface area contributed by atoms with Gasteiger partial charge in [-0.05, 0) is 26.3 Å². The van der Waals surface area contributed by atoms with Gasteiger partial charge in [0.05, 0.1) is 12.0 Å². The Morgan fingerprint density at radius 1 is 1.15 bits per heavy atom. The summed E-state index contributed by atoms with van der Waals surface area (Å²) in [6.45, 7) is 11.6. The molecule has 1 N–H and O–H groups in total. The predicted molar refractivity (Wildman–Crippen MR) is 109 cm³/mol. The van der Waals surface area contributed by atoms with Crippen LogP contribution in [0, 0.1) is 0 Å². The number of piperazine rings is 1. The van der Waals surface area contributed by atoms with E-state index in [0.717, 1.165) is 48.6 Å². The molecule has 3 rings (SSSR count). The van der Waals surface area contributed by atoms with E-state index < -0.39 is 0 Å². The average molecular weight is 395 g/mol. The Morgan fingerprint density at radius 3 is 2.56 bits per heavy atom. The second-order valence-corrected chi connectivity index (χ2v) is 7.44. The van der Waals surface area contributed by atoms with Gasteiger partial charge < -0.3 is 24.4 Å². The monoisotopic (exact) mass is 394 g/mol. The van der Waals surface area contributed by atoms with Gasteiger partial charge in [-0.3, -0.25) is 0 Å². The molecule has 0 saturated carbocycles. The number of hydrogen-bond donors (Lipinski definition) is 1. The van der Waals surface area contributed by atoms with Gasteiger partial charge in [0, 0.05) is 50.7 Å². The second kappa shape index (κ2) is 10.2. The molecule has 1 saturated heterocycles. The van der Waals surface area contributed by atoms with Gasteiger partial charge in [-0.2, -0.15) is 9.97 Å². The Morgan fingerprint density at radius 2 is 1.89 bits per heavy atom. The third kappa shape index (κ3) is 5.28. The third-order valence-electron chi connectivity index (χ3n) is 4.46. The lowest BCUT2D eigenvalue weighted by Gasteiger charge is -2.29. The first-order valence-corrected chi connectivity index (χ1v) is 10.7. The van der Waals surface area contributed by atoms with Crippen molar-refractivity contribution in [3.63, 3.8) is 0 Å². The first-order valence-electron chi connectivity index (χ1n) is 9.87. The van der Waals surface area contributed by atoms with E-state index in [1.165, 1.54) is 4.88 Å². The largest absolute Gasteiger partial charge is 0.463 e. The van der Waals surface area contributed by atoms with Crippen molar-refractivity contribution in [2.24, 2.45) is 0 Å².